The number of thioether (sulfide) groups is 1. The van der Waals surface area contributed by atoms with Gasteiger partial charge in [-0.2, -0.15) is 0 Å². The van der Waals surface area contributed by atoms with E-state index in [1.54, 1.807) is 54.4 Å². The van der Waals surface area contributed by atoms with Gasteiger partial charge >= 0.3 is 0 Å². The molecule has 6 rings (SSSR count). The van der Waals surface area contributed by atoms with Gasteiger partial charge in [0, 0.05) is 47.4 Å². The van der Waals surface area contributed by atoms with Crippen molar-refractivity contribution >= 4 is 34.4 Å². The Labute approximate surface area is 222 Å². The van der Waals surface area contributed by atoms with Crippen LogP contribution in [-0.4, -0.2) is 41.9 Å². The number of fused-ring (bicyclic) bond motifs is 3. The Balaban J connectivity index is 1.32. The van der Waals surface area contributed by atoms with Gasteiger partial charge in [-0.15, -0.1) is 0 Å². The molecule has 0 aliphatic carbocycles. The van der Waals surface area contributed by atoms with Crippen molar-refractivity contribution in [2.45, 2.75) is 24.5 Å². The predicted molar refractivity (Wildman–Crippen MR) is 146 cm³/mol. The van der Waals surface area contributed by atoms with Gasteiger partial charge in [0.1, 0.15) is 11.6 Å². The van der Waals surface area contributed by atoms with Crippen LogP contribution in [0.3, 0.4) is 0 Å². The smallest absolute Gasteiger partial charge is 0.205 e. The lowest BCUT2D eigenvalue weighted by molar-refractivity contribution is 0.476. The molecule has 0 unspecified atom stereocenters. The summed E-state index contributed by atoms with van der Waals surface area (Å²) >= 11 is 1.69. The third-order valence-electron chi connectivity index (χ3n) is 6.44. The van der Waals surface area contributed by atoms with E-state index in [9.17, 15) is 9.50 Å². The van der Waals surface area contributed by atoms with Gasteiger partial charge < -0.3 is 10.4 Å². The molecule has 1 aliphatic rings. The monoisotopic (exact) mass is 523 g/mol. The molecule has 1 atom stereocenters. The first-order chi connectivity index (χ1) is 18.5. The summed E-state index contributed by atoms with van der Waals surface area (Å²) in [5.74, 6) is 1.65. The molecule has 0 fully saturated rings. The quantitative estimate of drug-likeness (QED) is 0.253. The number of phenols is 1. The number of anilines is 1. The summed E-state index contributed by atoms with van der Waals surface area (Å²) in [7, 11) is 0. The number of pyridine rings is 1. The molecule has 0 spiro atoms. The molecule has 38 heavy (non-hydrogen) atoms. The Morgan fingerprint density at radius 2 is 2.00 bits per heavy atom. The van der Waals surface area contributed by atoms with Crippen molar-refractivity contribution in [1.82, 2.24) is 24.5 Å². The van der Waals surface area contributed by atoms with Crippen LogP contribution in [0.25, 0.3) is 38.5 Å². The van der Waals surface area contributed by atoms with E-state index >= 15 is 0 Å². The Morgan fingerprint density at radius 1 is 1.13 bits per heavy atom. The Bertz CT molecular complexity index is 1730. The lowest BCUT2D eigenvalue weighted by Gasteiger charge is -2.12. The number of rotatable bonds is 6. The van der Waals surface area contributed by atoms with E-state index in [1.165, 1.54) is 12.3 Å². The normalized spacial score (nSPS) is 14.4. The lowest BCUT2D eigenvalue weighted by Crippen LogP contribution is -2.09. The molecule has 188 valence electrons. The van der Waals surface area contributed by atoms with E-state index in [4.69, 9.17) is 21.5 Å². The van der Waals surface area contributed by atoms with Crippen molar-refractivity contribution in [3.05, 3.63) is 83.7 Å². The highest BCUT2D eigenvalue weighted by molar-refractivity contribution is 7.99. The second kappa shape index (κ2) is 9.76. The van der Waals surface area contributed by atoms with Crippen LogP contribution in [-0.2, 0) is 6.42 Å². The Kier molecular flexibility index (Phi) is 6.13. The summed E-state index contributed by atoms with van der Waals surface area (Å²) in [6.07, 6.45) is 3.77. The first-order valence-corrected chi connectivity index (χ1v) is 13.1. The largest absolute Gasteiger partial charge is 0.507 e. The molecule has 0 saturated carbocycles. The van der Waals surface area contributed by atoms with Crippen molar-refractivity contribution < 1.29 is 9.50 Å². The molecule has 4 heterocycles. The van der Waals surface area contributed by atoms with Gasteiger partial charge in [0.2, 0.25) is 5.69 Å². The van der Waals surface area contributed by atoms with E-state index in [0.29, 0.717) is 52.5 Å². The maximum Gasteiger partial charge on any atom is 0.205 e. The highest BCUT2D eigenvalue weighted by Gasteiger charge is 2.27. The van der Waals surface area contributed by atoms with Gasteiger partial charge in [-0.25, -0.2) is 24.2 Å². The average Bonchev–Trinajstić information content (AvgIpc) is 3.49. The third-order valence-corrected chi connectivity index (χ3v) is 7.64. The van der Waals surface area contributed by atoms with Gasteiger partial charge in [-0.3, -0.25) is 9.55 Å². The third kappa shape index (κ3) is 4.31. The van der Waals surface area contributed by atoms with Crippen LogP contribution in [0.15, 0.2) is 66.1 Å². The summed E-state index contributed by atoms with van der Waals surface area (Å²) in [6, 6.07) is 13.6. The summed E-state index contributed by atoms with van der Waals surface area (Å²) in [6.45, 7) is 9.99. The molecule has 10 heteroatoms. The average molecular weight is 524 g/mol. The predicted octanol–water partition coefficient (Wildman–Crippen LogP) is 6.27. The van der Waals surface area contributed by atoms with Crippen LogP contribution in [0.2, 0.25) is 0 Å². The number of halogens is 1. The molecule has 2 aromatic carbocycles. The zero-order valence-electron chi connectivity index (χ0n) is 20.4. The van der Waals surface area contributed by atoms with E-state index in [1.807, 2.05) is 6.07 Å². The second-order valence-corrected chi connectivity index (χ2v) is 10.0. The van der Waals surface area contributed by atoms with Crippen LogP contribution in [0.1, 0.15) is 18.5 Å². The standard InChI is InChI=1S/C28H22FN7OS/c1-16-15-38-28-33-24-26(34-25(35-27(24)36(16)28)18-12-19(30-2)14-31-13-18)32-10-9-17-7-8-23(37)21(11-17)20-5-3-4-6-22(20)29/h3-8,11-14,16,37H,9-10,15H2,1H3,(H,32,34,35)/t16-/m1/s1. The minimum Gasteiger partial charge on any atom is -0.507 e. The van der Waals surface area contributed by atoms with Crippen molar-refractivity contribution in [3.63, 3.8) is 0 Å². The number of nitrogens with zero attached hydrogens (tertiary/aromatic N) is 6. The minimum absolute atomic E-state index is 0.0309. The minimum atomic E-state index is -0.384. The number of aromatic nitrogens is 5. The number of hydrogen-bond acceptors (Lipinski definition) is 7. The number of hydrogen-bond donors (Lipinski definition) is 2. The molecule has 5 aromatic rings. The molecule has 2 N–H and O–H groups in total. The fraction of sp³-hybridized carbons (Fsp3) is 0.179. The van der Waals surface area contributed by atoms with E-state index in [2.05, 4.69) is 26.6 Å². The van der Waals surface area contributed by atoms with E-state index in [0.717, 1.165) is 22.1 Å². The molecular formula is C28H22FN7OS. The zero-order valence-corrected chi connectivity index (χ0v) is 21.2. The number of phenolic OH excluding ortho intramolecular Hbond substituents is 1. The molecule has 0 radical (unpaired) electrons. The number of aromatic hydroxyl groups is 1. The molecule has 3 aromatic heterocycles. The SMILES string of the molecule is [C-]#[N+]c1cncc(-c2nc(NCCc3ccc(O)c(-c4ccccc4F)c3)c3nc4n(c3n2)[C@H](C)CS4)c1. The van der Waals surface area contributed by atoms with E-state index in [-0.39, 0.29) is 17.6 Å². The van der Waals surface area contributed by atoms with Gasteiger partial charge in [-0.1, -0.05) is 36.0 Å². The topological polar surface area (TPSA) is 93.1 Å². The molecule has 8 nitrogen and oxygen atoms in total. The van der Waals surface area contributed by atoms with Crippen molar-refractivity contribution in [2.75, 3.05) is 17.6 Å². The van der Waals surface area contributed by atoms with Crippen LogP contribution in [0, 0.1) is 12.4 Å². The second-order valence-electron chi connectivity index (χ2n) is 9.04. The van der Waals surface area contributed by atoms with Crippen molar-refractivity contribution in [2.24, 2.45) is 0 Å². The molecule has 1 aliphatic heterocycles. The Morgan fingerprint density at radius 3 is 2.84 bits per heavy atom. The van der Waals surface area contributed by atoms with Crippen molar-refractivity contribution in [3.8, 4) is 28.3 Å². The summed E-state index contributed by atoms with van der Waals surface area (Å²) < 4.78 is 16.5. The summed E-state index contributed by atoms with van der Waals surface area (Å²) in [5, 5.41) is 14.7. The maximum absolute atomic E-state index is 14.4. The highest BCUT2D eigenvalue weighted by atomic mass is 32.2. The molecular weight excluding hydrogens is 501 g/mol. The number of nitrogens with one attached hydrogen (secondary N) is 1. The van der Waals surface area contributed by atoms with Gasteiger partial charge in [0.15, 0.2) is 28.0 Å². The molecule has 0 saturated heterocycles. The fourth-order valence-electron chi connectivity index (χ4n) is 4.55. The number of imidazole rings is 1. The van der Waals surface area contributed by atoms with Crippen molar-refractivity contribution in [1.29, 1.82) is 0 Å². The Hall–Kier alpha value is -4.49. The number of benzene rings is 2. The zero-order chi connectivity index (χ0) is 26.2. The molecule has 0 amide bonds. The highest BCUT2D eigenvalue weighted by Crippen LogP contribution is 2.38. The first-order valence-electron chi connectivity index (χ1n) is 12.1. The fourth-order valence-corrected chi connectivity index (χ4v) is 5.65. The van der Waals surface area contributed by atoms with Gasteiger partial charge in [0.05, 0.1) is 6.57 Å². The maximum atomic E-state index is 14.4. The van der Waals surface area contributed by atoms with Crippen LogP contribution in [0.5, 0.6) is 5.75 Å². The van der Waals surface area contributed by atoms with Crippen LogP contribution < -0.4 is 5.32 Å². The molecule has 0 bridgehead atoms. The lowest BCUT2D eigenvalue weighted by atomic mass is 10.00. The first kappa shape index (κ1) is 23.9. The summed E-state index contributed by atoms with van der Waals surface area (Å²) in [5.41, 5.74) is 4.25. The van der Waals surface area contributed by atoms with E-state index < -0.39 is 0 Å². The van der Waals surface area contributed by atoms with Gasteiger partial charge in [0.25, 0.3) is 0 Å². The van der Waals surface area contributed by atoms with Crippen LogP contribution >= 0.6 is 11.8 Å². The van der Waals surface area contributed by atoms with Crippen LogP contribution in [0.4, 0.5) is 15.9 Å². The van der Waals surface area contributed by atoms with Gasteiger partial charge in [-0.05, 0) is 43.2 Å². The summed E-state index contributed by atoms with van der Waals surface area (Å²) in [4.78, 5) is 22.1.